The van der Waals surface area contributed by atoms with Crippen molar-refractivity contribution in [1.29, 1.82) is 0 Å². The van der Waals surface area contributed by atoms with Crippen LogP contribution in [0.15, 0.2) is 42.6 Å². The highest BCUT2D eigenvalue weighted by Gasteiger charge is 2.06. The molecular formula is C16H16N4O. The average molecular weight is 280 g/mol. The lowest BCUT2D eigenvalue weighted by Crippen LogP contribution is -2.03. The van der Waals surface area contributed by atoms with Crippen molar-refractivity contribution in [2.45, 2.75) is 13.5 Å². The molecule has 3 rings (SSSR count). The van der Waals surface area contributed by atoms with Gasteiger partial charge in [-0.15, -0.1) is 0 Å². The number of hydrogen-bond donors (Lipinski definition) is 1. The quantitative estimate of drug-likeness (QED) is 0.795. The number of aromatic nitrogens is 3. The SMILES string of the molecule is CCOCc1nc(N)cc(-c2ccc3ncccc3c2)n1. The van der Waals surface area contributed by atoms with Crippen molar-refractivity contribution < 1.29 is 4.74 Å². The normalized spacial score (nSPS) is 10.9. The zero-order chi connectivity index (χ0) is 14.7. The minimum atomic E-state index is 0.365. The number of fused-ring (bicyclic) bond motifs is 1. The molecule has 0 radical (unpaired) electrons. The highest BCUT2D eigenvalue weighted by molar-refractivity contribution is 5.83. The van der Waals surface area contributed by atoms with Gasteiger partial charge >= 0.3 is 0 Å². The van der Waals surface area contributed by atoms with Gasteiger partial charge in [-0.05, 0) is 25.1 Å². The van der Waals surface area contributed by atoms with E-state index in [-0.39, 0.29) is 0 Å². The minimum Gasteiger partial charge on any atom is -0.384 e. The van der Waals surface area contributed by atoms with Crippen LogP contribution in [0.2, 0.25) is 0 Å². The Morgan fingerprint density at radius 2 is 2.05 bits per heavy atom. The summed E-state index contributed by atoms with van der Waals surface area (Å²) in [6.45, 7) is 2.92. The van der Waals surface area contributed by atoms with Crippen LogP contribution in [0.5, 0.6) is 0 Å². The van der Waals surface area contributed by atoms with Crippen molar-refractivity contribution in [3.05, 3.63) is 48.4 Å². The Labute approximate surface area is 122 Å². The molecule has 1 aromatic carbocycles. The van der Waals surface area contributed by atoms with Crippen LogP contribution in [0.25, 0.3) is 22.2 Å². The van der Waals surface area contributed by atoms with E-state index in [4.69, 9.17) is 10.5 Å². The molecule has 2 heterocycles. The van der Waals surface area contributed by atoms with Crippen molar-refractivity contribution >= 4 is 16.7 Å². The summed E-state index contributed by atoms with van der Waals surface area (Å²) in [7, 11) is 0. The van der Waals surface area contributed by atoms with Gasteiger partial charge < -0.3 is 10.5 Å². The summed E-state index contributed by atoms with van der Waals surface area (Å²) in [6.07, 6.45) is 1.78. The summed E-state index contributed by atoms with van der Waals surface area (Å²) >= 11 is 0. The maximum Gasteiger partial charge on any atom is 0.157 e. The first-order valence-corrected chi connectivity index (χ1v) is 6.82. The van der Waals surface area contributed by atoms with Gasteiger partial charge in [0.2, 0.25) is 0 Å². The van der Waals surface area contributed by atoms with Gasteiger partial charge in [-0.3, -0.25) is 4.98 Å². The predicted molar refractivity (Wildman–Crippen MR) is 82.5 cm³/mol. The van der Waals surface area contributed by atoms with Crippen LogP contribution in [0.4, 0.5) is 5.82 Å². The Balaban J connectivity index is 2.02. The molecule has 0 aliphatic carbocycles. The Morgan fingerprint density at radius 1 is 1.14 bits per heavy atom. The molecular weight excluding hydrogens is 264 g/mol. The van der Waals surface area contributed by atoms with E-state index in [1.807, 2.05) is 31.2 Å². The molecule has 2 N–H and O–H groups in total. The molecule has 0 bridgehead atoms. The second-order valence-corrected chi connectivity index (χ2v) is 4.64. The number of nitrogens with zero attached hydrogens (tertiary/aromatic N) is 3. The van der Waals surface area contributed by atoms with Gasteiger partial charge in [0, 0.05) is 29.8 Å². The number of nitrogens with two attached hydrogens (primary N) is 1. The molecule has 5 heteroatoms. The molecule has 21 heavy (non-hydrogen) atoms. The zero-order valence-corrected chi connectivity index (χ0v) is 11.8. The standard InChI is InChI=1S/C16H16N4O/c1-2-21-10-16-19-14(9-15(17)20-16)12-5-6-13-11(8-12)4-3-7-18-13/h3-9H,2,10H2,1H3,(H2,17,19,20). The molecule has 2 aromatic heterocycles. The smallest absolute Gasteiger partial charge is 0.157 e. The van der Waals surface area contributed by atoms with Gasteiger partial charge in [-0.25, -0.2) is 9.97 Å². The zero-order valence-electron chi connectivity index (χ0n) is 11.8. The third kappa shape index (κ3) is 2.98. The molecule has 5 nitrogen and oxygen atoms in total. The number of rotatable bonds is 4. The first-order chi connectivity index (χ1) is 10.3. The maximum absolute atomic E-state index is 5.86. The Kier molecular flexibility index (Phi) is 3.75. The lowest BCUT2D eigenvalue weighted by atomic mass is 10.1. The van der Waals surface area contributed by atoms with Gasteiger partial charge in [0.25, 0.3) is 0 Å². The molecule has 106 valence electrons. The van der Waals surface area contributed by atoms with E-state index in [9.17, 15) is 0 Å². The van der Waals surface area contributed by atoms with Crippen molar-refractivity contribution in [3.8, 4) is 11.3 Å². The lowest BCUT2D eigenvalue weighted by Gasteiger charge is -2.07. The largest absolute Gasteiger partial charge is 0.384 e. The van der Waals surface area contributed by atoms with Gasteiger partial charge in [-0.1, -0.05) is 12.1 Å². The van der Waals surface area contributed by atoms with Crippen LogP contribution in [-0.2, 0) is 11.3 Å². The minimum absolute atomic E-state index is 0.365. The lowest BCUT2D eigenvalue weighted by molar-refractivity contribution is 0.128. The summed E-state index contributed by atoms with van der Waals surface area (Å²) in [5, 5.41) is 1.07. The Bertz CT molecular complexity index is 773. The molecule has 0 spiro atoms. The molecule has 0 amide bonds. The summed E-state index contributed by atoms with van der Waals surface area (Å²) in [5.41, 5.74) is 8.60. The van der Waals surface area contributed by atoms with Crippen molar-refractivity contribution in [2.75, 3.05) is 12.3 Å². The first kappa shape index (κ1) is 13.5. The third-order valence-electron chi connectivity index (χ3n) is 3.13. The van der Waals surface area contributed by atoms with Gasteiger partial charge in [0.15, 0.2) is 5.82 Å². The van der Waals surface area contributed by atoms with E-state index >= 15 is 0 Å². The molecule has 0 unspecified atom stereocenters. The van der Waals surface area contributed by atoms with Crippen LogP contribution in [0.3, 0.4) is 0 Å². The fourth-order valence-corrected chi connectivity index (χ4v) is 2.16. The van der Waals surface area contributed by atoms with Crippen LogP contribution in [0, 0.1) is 0 Å². The van der Waals surface area contributed by atoms with E-state index in [0.29, 0.717) is 24.9 Å². The van der Waals surface area contributed by atoms with Crippen LogP contribution >= 0.6 is 0 Å². The molecule has 0 saturated carbocycles. The third-order valence-corrected chi connectivity index (χ3v) is 3.13. The van der Waals surface area contributed by atoms with Crippen molar-refractivity contribution in [1.82, 2.24) is 15.0 Å². The molecule has 3 aromatic rings. The summed E-state index contributed by atoms with van der Waals surface area (Å²) in [4.78, 5) is 13.0. The number of pyridine rings is 1. The molecule has 0 aliphatic rings. The van der Waals surface area contributed by atoms with E-state index in [0.717, 1.165) is 22.2 Å². The van der Waals surface area contributed by atoms with E-state index in [2.05, 4.69) is 21.0 Å². The van der Waals surface area contributed by atoms with Crippen molar-refractivity contribution in [2.24, 2.45) is 0 Å². The number of benzene rings is 1. The summed E-state index contributed by atoms with van der Waals surface area (Å²) < 4.78 is 5.35. The highest BCUT2D eigenvalue weighted by Crippen LogP contribution is 2.23. The number of ether oxygens (including phenoxy) is 1. The average Bonchev–Trinajstić information content (AvgIpc) is 2.52. The predicted octanol–water partition coefficient (Wildman–Crippen LogP) is 2.81. The van der Waals surface area contributed by atoms with E-state index < -0.39 is 0 Å². The highest BCUT2D eigenvalue weighted by atomic mass is 16.5. The van der Waals surface area contributed by atoms with Crippen LogP contribution in [0.1, 0.15) is 12.7 Å². The van der Waals surface area contributed by atoms with Gasteiger partial charge in [0.1, 0.15) is 12.4 Å². The number of anilines is 1. The topological polar surface area (TPSA) is 73.9 Å². The number of nitrogen functional groups attached to an aromatic ring is 1. The Morgan fingerprint density at radius 3 is 2.90 bits per heavy atom. The second kappa shape index (κ2) is 5.85. The fourth-order valence-electron chi connectivity index (χ4n) is 2.16. The van der Waals surface area contributed by atoms with Gasteiger partial charge in [-0.2, -0.15) is 0 Å². The molecule has 0 atom stereocenters. The van der Waals surface area contributed by atoms with Crippen LogP contribution in [-0.4, -0.2) is 21.6 Å². The fraction of sp³-hybridized carbons (Fsp3) is 0.188. The molecule has 0 fully saturated rings. The number of hydrogen-bond acceptors (Lipinski definition) is 5. The van der Waals surface area contributed by atoms with Gasteiger partial charge in [0.05, 0.1) is 11.2 Å². The maximum atomic E-state index is 5.86. The van der Waals surface area contributed by atoms with E-state index in [1.165, 1.54) is 0 Å². The Hall–Kier alpha value is -2.53. The molecule has 0 aliphatic heterocycles. The second-order valence-electron chi connectivity index (χ2n) is 4.64. The van der Waals surface area contributed by atoms with Crippen molar-refractivity contribution in [3.63, 3.8) is 0 Å². The summed E-state index contributed by atoms with van der Waals surface area (Å²) in [6, 6.07) is 11.7. The summed E-state index contributed by atoms with van der Waals surface area (Å²) in [5.74, 6) is 1.04. The first-order valence-electron chi connectivity index (χ1n) is 6.82. The monoisotopic (exact) mass is 280 g/mol. The molecule has 0 saturated heterocycles. The van der Waals surface area contributed by atoms with E-state index in [1.54, 1.807) is 12.3 Å². The van der Waals surface area contributed by atoms with Crippen LogP contribution < -0.4 is 5.73 Å².